The highest BCUT2D eigenvalue weighted by Gasteiger charge is 2.58. The Balaban J connectivity index is 1.47. The Morgan fingerprint density at radius 3 is 2.41 bits per heavy atom. The first-order chi connectivity index (χ1) is 12.7. The maximum atomic E-state index is 12.7. The number of hydrogen-bond donors (Lipinski definition) is 1. The fraction of sp³-hybridized carbons (Fsp3) is 0.556. The van der Waals surface area contributed by atoms with Gasteiger partial charge in [-0.15, -0.1) is 0 Å². The van der Waals surface area contributed by atoms with Gasteiger partial charge in [0.2, 0.25) is 15.9 Å². The van der Waals surface area contributed by atoms with Crippen molar-refractivity contribution >= 4 is 33.4 Å². The quantitative estimate of drug-likeness (QED) is 0.785. The standard InChI is InChI=1S/C18H22ClN3O4S/c1-27(25,26)22-10-14-15(11-22)18(20-16(14)23)6-8-21(9-7-18)17(24)12-2-4-13(19)5-3-12/h2-5,14-15H,6-11H2,1H3,(H,20,23)/t14-,15+/m0/s1. The van der Waals surface area contributed by atoms with Crippen LogP contribution in [0.25, 0.3) is 0 Å². The molecule has 4 rings (SSSR count). The summed E-state index contributed by atoms with van der Waals surface area (Å²) >= 11 is 5.88. The number of carbonyl (C=O) groups is 2. The fourth-order valence-electron chi connectivity index (χ4n) is 4.67. The van der Waals surface area contributed by atoms with Gasteiger partial charge < -0.3 is 10.2 Å². The van der Waals surface area contributed by atoms with Crippen LogP contribution in [0.3, 0.4) is 0 Å². The average molecular weight is 412 g/mol. The number of likely N-dealkylation sites (tertiary alicyclic amines) is 1. The summed E-state index contributed by atoms with van der Waals surface area (Å²) in [6, 6.07) is 6.81. The number of piperidine rings is 1. The Morgan fingerprint density at radius 2 is 1.81 bits per heavy atom. The summed E-state index contributed by atoms with van der Waals surface area (Å²) in [7, 11) is -3.31. The van der Waals surface area contributed by atoms with Gasteiger partial charge in [-0.25, -0.2) is 12.7 Å². The number of hydrogen-bond acceptors (Lipinski definition) is 4. The van der Waals surface area contributed by atoms with Crippen LogP contribution in [0.15, 0.2) is 24.3 Å². The molecule has 3 aliphatic rings. The van der Waals surface area contributed by atoms with Crippen molar-refractivity contribution in [2.24, 2.45) is 11.8 Å². The number of nitrogens with one attached hydrogen (secondary N) is 1. The summed E-state index contributed by atoms with van der Waals surface area (Å²) in [5, 5.41) is 3.72. The van der Waals surface area contributed by atoms with Crippen LogP contribution in [0.1, 0.15) is 23.2 Å². The van der Waals surface area contributed by atoms with Crippen LogP contribution in [-0.2, 0) is 14.8 Å². The highest BCUT2D eigenvalue weighted by atomic mass is 35.5. The molecule has 3 saturated heterocycles. The first-order valence-electron chi connectivity index (χ1n) is 9.02. The molecule has 1 N–H and O–H groups in total. The summed E-state index contributed by atoms with van der Waals surface area (Å²) in [5.74, 6) is -0.444. The topological polar surface area (TPSA) is 86.8 Å². The van der Waals surface area contributed by atoms with Crippen molar-refractivity contribution in [3.8, 4) is 0 Å². The van der Waals surface area contributed by atoms with Gasteiger partial charge in [0.1, 0.15) is 0 Å². The van der Waals surface area contributed by atoms with Crippen molar-refractivity contribution in [2.45, 2.75) is 18.4 Å². The Morgan fingerprint density at radius 1 is 1.19 bits per heavy atom. The minimum Gasteiger partial charge on any atom is -0.350 e. The van der Waals surface area contributed by atoms with Crippen LogP contribution in [-0.4, -0.2) is 67.4 Å². The van der Waals surface area contributed by atoms with E-state index in [2.05, 4.69) is 5.32 Å². The molecule has 3 fully saturated rings. The molecule has 0 aliphatic carbocycles. The van der Waals surface area contributed by atoms with Gasteiger partial charge in [-0.2, -0.15) is 0 Å². The summed E-state index contributed by atoms with van der Waals surface area (Å²) in [6.45, 7) is 1.69. The van der Waals surface area contributed by atoms with E-state index in [1.54, 1.807) is 29.2 Å². The van der Waals surface area contributed by atoms with E-state index in [-0.39, 0.29) is 30.2 Å². The van der Waals surface area contributed by atoms with Gasteiger partial charge in [-0.05, 0) is 37.1 Å². The Hall–Kier alpha value is -1.64. The van der Waals surface area contributed by atoms with E-state index in [1.807, 2.05) is 0 Å². The second-order valence-electron chi connectivity index (χ2n) is 7.74. The molecular weight excluding hydrogens is 390 g/mol. The molecule has 9 heteroatoms. The highest BCUT2D eigenvalue weighted by molar-refractivity contribution is 7.88. The van der Waals surface area contributed by atoms with Gasteiger partial charge in [0, 0.05) is 48.2 Å². The number of amides is 2. The molecular formula is C18H22ClN3O4S. The Bertz CT molecular complexity index is 878. The number of sulfonamides is 1. The van der Waals surface area contributed by atoms with E-state index in [4.69, 9.17) is 11.6 Å². The monoisotopic (exact) mass is 411 g/mol. The number of carbonyl (C=O) groups excluding carboxylic acids is 2. The molecule has 0 unspecified atom stereocenters. The van der Waals surface area contributed by atoms with Crippen molar-refractivity contribution in [1.82, 2.24) is 14.5 Å². The Kier molecular flexibility index (Phi) is 4.48. The third-order valence-corrected chi connectivity index (χ3v) is 7.70. The zero-order valence-electron chi connectivity index (χ0n) is 15.0. The fourth-order valence-corrected chi connectivity index (χ4v) is 5.66. The van der Waals surface area contributed by atoms with Gasteiger partial charge in [-0.3, -0.25) is 9.59 Å². The average Bonchev–Trinajstić information content (AvgIpc) is 3.17. The first-order valence-corrected chi connectivity index (χ1v) is 11.2. The van der Waals surface area contributed by atoms with E-state index in [9.17, 15) is 18.0 Å². The maximum absolute atomic E-state index is 12.7. The van der Waals surface area contributed by atoms with Crippen LogP contribution in [0.5, 0.6) is 0 Å². The van der Waals surface area contributed by atoms with Crippen molar-refractivity contribution in [2.75, 3.05) is 32.4 Å². The lowest BCUT2D eigenvalue weighted by Gasteiger charge is -2.42. The number of fused-ring (bicyclic) bond motifs is 2. The molecule has 146 valence electrons. The van der Waals surface area contributed by atoms with Gasteiger partial charge in [0.15, 0.2) is 0 Å². The summed E-state index contributed by atoms with van der Waals surface area (Å²) in [5.41, 5.74) is 0.172. The van der Waals surface area contributed by atoms with Gasteiger partial charge in [-0.1, -0.05) is 11.6 Å². The molecule has 27 heavy (non-hydrogen) atoms. The number of nitrogens with zero attached hydrogens (tertiary/aromatic N) is 2. The molecule has 0 radical (unpaired) electrons. The zero-order chi connectivity index (χ0) is 19.4. The van der Waals surface area contributed by atoms with Crippen molar-refractivity contribution < 1.29 is 18.0 Å². The largest absolute Gasteiger partial charge is 0.350 e. The molecule has 0 bridgehead atoms. The molecule has 2 amide bonds. The molecule has 3 heterocycles. The van der Waals surface area contributed by atoms with E-state index >= 15 is 0 Å². The van der Waals surface area contributed by atoms with Gasteiger partial charge in [0.25, 0.3) is 5.91 Å². The van der Waals surface area contributed by atoms with Crippen molar-refractivity contribution in [3.63, 3.8) is 0 Å². The van der Waals surface area contributed by atoms with Crippen molar-refractivity contribution in [3.05, 3.63) is 34.9 Å². The third kappa shape index (κ3) is 3.23. The number of halogens is 1. The van der Waals surface area contributed by atoms with Crippen LogP contribution in [0.2, 0.25) is 5.02 Å². The molecule has 7 nitrogen and oxygen atoms in total. The Labute approximate surface area is 163 Å². The van der Waals surface area contributed by atoms with E-state index in [1.165, 1.54) is 10.6 Å². The van der Waals surface area contributed by atoms with Crippen LogP contribution >= 0.6 is 11.6 Å². The molecule has 0 aromatic heterocycles. The summed E-state index contributed by atoms with van der Waals surface area (Å²) in [6.07, 6.45) is 2.46. The van der Waals surface area contributed by atoms with Crippen molar-refractivity contribution in [1.29, 1.82) is 0 Å². The number of rotatable bonds is 2. The summed E-state index contributed by atoms with van der Waals surface area (Å²) < 4.78 is 25.2. The van der Waals surface area contributed by atoms with Crippen LogP contribution < -0.4 is 5.32 Å². The normalized spacial score (nSPS) is 27.6. The van der Waals surface area contributed by atoms with Crippen LogP contribution in [0.4, 0.5) is 0 Å². The van der Waals surface area contributed by atoms with E-state index in [0.29, 0.717) is 43.1 Å². The third-order valence-electron chi connectivity index (χ3n) is 6.21. The highest BCUT2D eigenvalue weighted by Crippen LogP contribution is 2.44. The van der Waals surface area contributed by atoms with Gasteiger partial charge >= 0.3 is 0 Å². The number of benzene rings is 1. The zero-order valence-corrected chi connectivity index (χ0v) is 16.6. The smallest absolute Gasteiger partial charge is 0.253 e. The van der Waals surface area contributed by atoms with Gasteiger partial charge in [0.05, 0.1) is 12.2 Å². The lowest BCUT2D eigenvalue weighted by atomic mass is 9.75. The molecule has 0 saturated carbocycles. The molecule has 1 spiro atoms. The maximum Gasteiger partial charge on any atom is 0.253 e. The lowest BCUT2D eigenvalue weighted by molar-refractivity contribution is -0.123. The molecule has 3 aliphatic heterocycles. The van der Waals surface area contributed by atoms with E-state index in [0.717, 1.165) is 0 Å². The molecule has 1 aromatic carbocycles. The lowest BCUT2D eigenvalue weighted by Crippen LogP contribution is -2.56. The molecule has 1 aromatic rings. The first kappa shape index (κ1) is 18.7. The van der Waals surface area contributed by atoms with E-state index < -0.39 is 15.6 Å². The van der Waals surface area contributed by atoms with Crippen LogP contribution in [0, 0.1) is 11.8 Å². The minimum absolute atomic E-state index is 0.0347. The molecule has 2 atom stereocenters. The minimum atomic E-state index is -3.31. The SMILES string of the molecule is CS(=O)(=O)N1C[C@@H]2C(=O)NC3(CCN(C(=O)c4ccc(Cl)cc4)CC3)[C@@H]2C1. The second-order valence-corrected chi connectivity index (χ2v) is 10.2. The summed E-state index contributed by atoms with van der Waals surface area (Å²) in [4.78, 5) is 26.9. The second kappa shape index (κ2) is 6.46. The predicted molar refractivity (Wildman–Crippen MR) is 101 cm³/mol. The predicted octanol–water partition coefficient (Wildman–Crippen LogP) is 0.952.